The van der Waals surface area contributed by atoms with Gasteiger partial charge in [0.2, 0.25) is 5.95 Å². The Balaban J connectivity index is 1.26. The summed E-state index contributed by atoms with van der Waals surface area (Å²) in [5.41, 5.74) is 6.41. The standard InChI is InChI=1S/C36H39ClN6O3S/c1-22-4-9-30(10-5-22)47(45,46)43-20-32(31-11-6-25(21-44)14-34(31)43)35-33(37)16-38-36(41-35)40-29-13-26(12-28(15-29)27-7-8-27)19-42-17-23(2)39-24(3)18-42/h4-6,9-16,20,23-24,27,39,44H,7-8,17-19,21H2,1-3H3,(H,38,40,41)/t23-,24+. The molecule has 0 radical (unpaired) electrons. The first-order chi connectivity index (χ1) is 22.6. The molecule has 0 unspecified atom stereocenters. The van der Waals surface area contributed by atoms with Crippen LogP contribution in [-0.4, -0.2) is 57.5 Å². The molecule has 1 saturated heterocycles. The number of anilines is 2. The first-order valence-electron chi connectivity index (χ1n) is 16.1. The second-order valence-electron chi connectivity index (χ2n) is 13.1. The van der Waals surface area contributed by atoms with E-state index in [2.05, 4.69) is 52.6 Å². The maximum Gasteiger partial charge on any atom is 0.268 e. The van der Waals surface area contributed by atoms with Crippen molar-refractivity contribution < 1.29 is 13.5 Å². The van der Waals surface area contributed by atoms with Gasteiger partial charge in [0.25, 0.3) is 10.0 Å². The normalized spacial score (nSPS) is 18.9. The number of nitrogens with zero attached hydrogens (tertiary/aromatic N) is 4. The molecule has 2 aromatic heterocycles. The van der Waals surface area contributed by atoms with Crippen molar-refractivity contribution in [3.05, 3.63) is 100 Å². The van der Waals surface area contributed by atoms with Crippen molar-refractivity contribution in [3.63, 3.8) is 0 Å². The van der Waals surface area contributed by atoms with E-state index in [0.29, 0.717) is 56.7 Å². The van der Waals surface area contributed by atoms with Crippen LogP contribution < -0.4 is 10.6 Å². The topological polar surface area (TPSA) is 112 Å². The number of piperazine rings is 1. The molecule has 3 N–H and O–H groups in total. The van der Waals surface area contributed by atoms with Crippen LogP contribution >= 0.6 is 11.6 Å². The number of benzene rings is 3. The van der Waals surface area contributed by atoms with Crippen molar-refractivity contribution in [1.82, 2.24) is 24.2 Å². The molecule has 3 heterocycles. The summed E-state index contributed by atoms with van der Waals surface area (Å²) >= 11 is 6.72. The van der Waals surface area contributed by atoms with Crippen LogP contribution in [0.5, 0.6) is 0 Å². The van der Waals surface area contributed by atoms with Gasteiger partial charge in [-0.15, -0.1) is 0 Å². The van der Waals surface area contributed by atoms with Gasteiger partial charge in [-0.3, -0.25) is 4.90 Å². The van der Waals surface area contributed by atoms with E-state index in [9.17, 15) is 13.5 Å². The Morgan fingerprint density at radius 1 is 1.00 bits per heavy atom. The lowest BCUT2D eigenvalue weighted by Gasteiger charge is -2.36. The summed E-state index contributed by atoms with van der Waals surface area (Å²) in [6, 6.07) is 19.5. The Kier molecular flexibility index (Phi) is 8.57. The van der Waals surface area contributed by atoms with Gasteiger partial charge in [-0.05, 0) is 86.6 Å². The molecule has 0 amide bonds. The number of aryl methyl sites for hydroxylation is 1. The molecule has 1 aliphatic heterocycles. The largest absolute Gasteiger partial charge is 0.392 e. The molecule has 0 bridgehead atoms. The van der Waals surface area contributed by atoms with Crippen LogP contribution in [-0.2, 0) is 23.2 Å². The van der Waals surface area contributed by atoms with Crippen molar-refractivity contribution in [1.29, 1.82) is 0 Å². The van der Waals surface area contributed by atoms with Crippen LogP contribution in [0.15, 0.2) is 78.0 Å². The van der Waals surface area contributed by atoms with E-state index in [0.717, 1.165) is 30.9 Å². The number of fused-ring (bicyclic) bond motifs is 1. The molecule has 9 nitrogen and oxygen atoms in total. The van der Waals surface area contributed by atoms with E-state index in [1.165, 1.54) is 27.9 Å². The quantitative estimate of drug-likeness (QED) is 0.161. The van der Waals surface area contributed by atoms with Gasteiger partial charge in [0.15, 0.2) is 0 Å². The number of hydrogen-bond acceptors (Lipinski definition) is 8. The Labute approximate surface area is 280 Å². The number of halogens is 1. The molecule has 7 rings (SSSR count). The van der Waals surface area contributed by atoms with Gasteiger partial charge >= 0.3 is 0 Å². The highest BCUT2D eigenvalue weighted by atomic mass is 35.5. The summed E-state index contributed by atoms with van der Waals surface area (Å²) in [6.45, 7) is 9.00. The Morgan fingerprint density at radius 3 is 2.45 bits per heavy atom. The van der Waals surface area contributed by atoms with Gasteiger partial charge < -0.3 is 15.7 Å². The predicted octanol–water partition coefficient (Wildman–Crippen LogP) is 6.59. The number of hydrogen-bond donors (Lipinski definition) is 3. The number of aliphatic hydroxyl groups is 1. The minimum atomic E-state index is -3.97. The first-order valence-corrected chi connectivity index (χ1v) is 17.9. The van der Waals surface area contributed by atoms with Crippen LogP contribution in [0, 0.1) is 6.92 Å². The van der Waals surface area contributed by atoms with Crippen molar-refractivity contribution in [2.24, 2.45) is 0 Å². The maximum atomic E-state index is 13.9. The van der Waals surface area contributed by atoms with Crippen LogP contribution in [0.2, 0.25) is 5.02 Å². The Hall–Kier alpha value is -3.80. The molecule has 1 aliphatic carbocycles. The van der Waals surface area contributed by atoms with Crippen LogP contribution in [0.25, 0.3) is 22.2 Å². The smallest absolute Gasteiger partial charge is 0.268 e. The highest BCUT2D eigenvalue weighted by Crippen LogP contribution is 2.42. The lowest BCUT2D eigenvalue weighted by atomic mass is 10.0. The highest BCUT2D eigenvalue weighted by molar-refractivity contribution is 7.90. The van der Waals surface area contributed by atoms with Crippen LogP contribution in [0.4, 0.5) is 11.6 Å². The molecular formula is C36H39ClN6O3S. The van der Waals surface area contributed by atoms with E-state index < -0.39 is 10.0 Å². The number of nitrogens with one attached hydrogen (secondary N) is 2. The molecule has 3 aromatic carbocycles. The second kappa shape index (κ2) is 12.7. The fourth-order valence-electron chi connectivity index (χ4n) is 6.66. The highest BCUT2D eigenvalue weighted by Gasteiger charge is 2.27. The van der Waals surface area contributed by atoms with Crippen molar-refractivity contribution in [3.8, 4) is 11.3 Å². The lowest BCUT2D eigenvalue weighted by molar-refractivity contribution is 0.166. The molecule has 2 atom stereocenters. The molecule has 5 aromatic rings. The van der Waals surface area contributed by atoms with Gasteiger partial charge in [-0.25, -0.2) is 22.4 Å². The van der Waals surface area contributed by atoms with Gasteiger partial charge in [0, 0.05) is 54.6 Å². The van der Waals surface area contributed by atoms with Gasteiger partial charge in [-0.2, -0.15) is 0 Å². The zero-order chi connectivity index (χ0) is 32.9. The summed E-state index contributed by atoms with van der Waals surface area (Å²) in [4.78, 5) is 12.0. The predicted molar refractivity (Wildman–Crippen MR) is 187 cm³/mol. The van der Waals surface area contributed by atoms with E-state index in [-0.39, 0.29) is 11.5 Å². The van der Waals surface area contributed by atoms with Crippen molar-refractivity contribution in [2.75, 3.05) is 18.4 Å². The molecule has 0 spiro atoms. The third-order valence-electron chi connectivity index (χ3n) is 8.96. The van der Waals surface area contributed by atoms with Gasteiger partial charge in [0.1, 0.15) is 0 Å². The average Bonchev–Trinajstić information content (AvgIpc) is 3.82. The minimum absolute atomic E-state index is 0.160. The summed E-state index contributed by atoms with van der Waals surface area (Å²) in [6.07, 6.45) is 5.49. The van der Waals surface area contributed by atoms with E-state index in [1.807, 2.05) is 6.92 Å². The number of aliphatic hydroxyl groups excluding tert-OH is 1. The van der Waals surface area contributed by atoms with Crippen molar-refractivity contribution in [2.45, 2.75) is 69.7 Å². The van der Waals surface area contributed by atoms with Crippen LogP contribution in [0.3, 0.4) is 0 Å². The Bertz CT molecular complexity index is 2050. The molecule has 11 heteroatoms. The fraction of sp³-hybridized carbons (Fsp3) is 0.333. The number of rotatable bonds is 9. The monoisotopic (exact) mass is 670 g/mol. The third kappa shape index (κ3) is 6.66. The Morgan fingerprint density at radius 2 is 1.74 bits per heavy atom. The molecule has 2 fully saturated rings. The fourth-order valence-corrected chi connectivity index (χ4v) is 8.21. The summed E-state index contributed by atoms with van der Waals surface area (Å²) in [7, 11) is -3.97. The molecule has 47 heavy (non-hydrogen) atoms. The minimum Gasteiger partial charge on any atom is -0.392 e. The van der Waals surface area contributed by atoms with Crippen LogP contribution in [0.1, 0.15) is 54.9 Å². The van der Waals surface area contributed by atoms with Gasteiger partial charge in [0.05, 0.1) is 33.9 Å². The second-order valence-corrected chi connectivity index (χ2v) is 15.3. The first kappa shape index (κ1) is 31.8. The summed E-state index contributed by atoms with van der Waals surface area (Å²) in [5, 5.41) is 17.8. The SMILES string of the molecule is Cc1ccc(S(=O)(=O)n2cc(-c3nc(Nc4cc(CN5C[C@@H](C)N[C@@H](C)C5)cc(C5CC5)c4)ncc3Cl)c3ccc(CO)cc32)cc1. The lowest BCUT2D eigenvalue weighted by Crippen LogP contribution is -2.53. The van der Waals surface area contributed by atoms with Crippen molar-refractivity contribution >= 4 is 44.2 Å². The number of aromatic nitrogens is 3. The molecule has 1 saturated carbocycles. The zero-order valence-corrected chi connectivity index (χ0v) is 28.3. The van der Waals surface area contributed by atoms with E-state index >= 15 is 0 Å². The third-order valence-corrected chi connectivity index (χ3v) is 10.9. The molecule has 244 valence electrons. The summed E-state index contributed by atoms with van der Waals surface area (Å²) in [5.74, 6) is 0.936. The molecule has 2 aliphatic rings. The molecular weight excluding hydrogens is 632 g/mol. The summed E-state index contributed by atoms with van der Waals surface area (Å²) < 4.78 is 29.1. The van der Waals surface area contributed by atoms with E-state index in [4.69, 9.17) is 16.6 Å². The van der Waals surface area contributed by atoms with Gasteiger partial charge in [-0.1, -0.05) is 47.5 Å². The average molecular weight is 671 g/mol. The zero-order valence-electron chi connectivity index (χ0n) is 26.7. The van der Waals surface area contributed by atoms with E-state index in [1.54, 1.807) is 54.9 Å². The maximum absolute atomic E-state index is 13.9.